The molecule has 2 aliphatic rings. The van der Waals surface area contributed by atoms with Crippen molar-refractivity contribution in [1.82, 2.24) is 0 Å². The maximum absolute atomic E-state index is 14.8. The summed E-state index contributed by atoms with van der Waals surface area (Å²) in [5.74, 6) is -2.40. The third kappa shape index (κ3) is 4.85. The van der Waals surface area contributed by atoms with Crippen LogP contribution in [-0.2, 0) is 11.2 Å². The van der Waals surface area contributed by atoms with Gasteiger partial charge in [-0.25, -0.2) is 17.6 Å². The molecule has 0 aromatic heterocycles. The minimum absolute atomic E-state index is 0.215. The Morgan fingerprint density at radius 1 is 0.857 bits per heavy atom. The fourth-order valence-electron chi connectivity index (χ4n) is 4.82. The summed E-state index contributed by atoms with van der Waals surface area (Å²) in [4.78, 5) is 0. The summed E-state index contributed by atoms with van der Waals surface area (Å²) in [7, 11) is 1.55. The monoisotopic (exact) mass is 482 g/mol. The number of benzene rings is 3. The third-order valence-corrected chi connectivity index (χ3v) is 7.04. The molecule has 1 aliphatic carbocycles. The molecule has 1 saturated heterocycles. The lowest BCUT2D eigenvalue weighted by Crippen LogP contribution is -2.09. The van der Waals surface area contributed by atoms with Crippen molar-refractivity contribution >= 4 is 5.57 Å². The number of hydrogen-bond acceptors (Lipinski definition) is 2. The van der Waals surface area contributed by atoms with E-state index in [1.807, 2.05) is 6.08 Å². The first-order valence-corrected chi connectivity index (χ1v) is 11.9. The fraction of sp³-hybridized carbons (Fsp3) is 0.310. The summed E-state index contributed by atoms with van der Waals surface area (Å²) in [5, 5.41) is 0. The van der Waals surface area contributed by atoms with Gasteiger partial charge in [0.05, 0.1) is 13.7 Å². The molecule has 5 rings (SSSR count). The third-order valence-electron chi connectivity index (χ3n) is 7.04. The van der Waals surface area contributed by atoms with Gasteiger partial charge in [-0.05, 0) is 66.9 Å². The van der Waals surface area contributed by atoms with Gasteiger partial charge >= 0.3 is 0 Å². The highest BCUT2D eigenvalue weighted by Gasteiger charge is 2.30. The van der Waals surface area contributed by atoms with Gasteiger partial charge in [0.1, 0.15) is 11.9 Å². The summed E-state index contributed by atoms with van der Waals surface area (Å²) < 4.78 is 68.8. The molecule has 1 fully saturated rings. The highest BCUT2D eigenvalue weighted by molar-refractivity contribution is 5.67. The van der Waals surface area contributed by atoms with E-state index in [1.165, 1.54) is 0 Å². The number of ether oxygens (including phenoxy) is 2. The Morgan fingerprint density at radius 2 is 1.57 bits per heavy atom. The standard InChI is InChI=1S/C29H26F4O2/c1-34-21-11-8-19(9-12-21)22-13-10-20(26(30)27(22)31)7-4-17-2-5-18(6-3-17)23-14-15-24(25-16-35-25)29(33)28(23)32/h5,8-15,17,25H,2-4,6-7,16H2,1H3. The maximum Gasteiger partial charge on any atom is 0.166 e. The van der Waals surface area contributed by atoms with Crippen LogP contribution in [0, 0.1) is 29.2 Å². The van der Waals surface area contributed by atoms with E-state index in [4.69, 9.17) is 9.47 Å². The topological polar surface area (TPSA) is 21.8 Å². The Bertz CT molecular complexity index is 1260. The Hall–Kier alpha value is -3.12. The van der Waals surface area contributed by atoms with Gasteiger partial charge in [-0.15, -0.1) is 0 Å². The van der Waals surface area contributed by atoms with Crippen LogP contribution in [-0.4, -0.2) is 13.7 Å². The lowest BCUT2D eigenvalue weighted by atomic mass is 9.83. The minimum atomic E-state index is -0.851. The highest BCUT2D eigenvalue weighted by Crippen LogP contribution is 2.38. The zero-order valence-electron chi connectivity index (χ0n) is 19.4. The number of halogens is 4. The first-order chi connectivity index (χ1) is 17.0. The van der Waals surface area contributed by atoms with E-state index >= 15 is 0 Å². The molecule has 1 aliphatic heterocycles. The Labute approximate surface area is 202 Å². The van der Waals surface area contributed by atoms with Gasteiger partial charge in [-0.3, -0.25) is 0 Å². The molecule has 35 heavy (non-hydrogen) atoms. The molecule has 0 N–H and O–H groups in total. The van der Waals surface area contributed by atoms with Gasteiger partial charge in [0.15, 0.2) is 23.3 Å². The number of rotatable bonds is 7. The van der Waals surface area contributed by atoms with Gasteiger partial charge in [-0.1, -0.05) is 42.5 Å². The number of hydrogen-bond donors (Lipinski definition) is 0. The van der Waals surface area contributed by atoms with Crippen LogP contribution >= 0.6 is 0 Å². The van der Waals surface area contributed by atoms with Gasteiger partial charge < -0.3 is 9.47 Å². The number of aryl methyl sites for hydroxylation is 1. The van der Waals surface area contributed by atoms with Crippen molar-refractivity contribution in [3.8, 4) is 16.9 Å². The molecular weight excluding hydrogens is 456 g/mol. The molecule has 2 atom stereocenters. The molecular formula is C29H26F4O2. The van der Waals surface area contributed by atoms with E-state index in [0.29, 0.717) is 54.7 Å². The Kier molecular flexibility index (Phi) is 6.65. The van der Waals surface area contributed by atoms with Crippen molar-refractivity contribution in [1.29, 1.82) is 0 Å². The van der Waals surface area contributed by atoms with Gasteiger partial charge in [-0.2, -0.15) is 0 Å². The summed E-state index contributed by atoms with van der Waals surface area (Å²) in [6.07, 6.45) is 4.82. The lowest BCUT2D eigenvalue weighted by molar-refractivity contribution is 0.401. The first-order valence-electron chi connectivity index (χ1n) is 11.9. The molecule has 0 radical (unpaired) electrons. The number of methoxy groups -OCH3 is 1. The molecule has 6 heteroatoms. The van der Waals surface area contributed by atoms with E-state index in [1.54, 1.807) is 55.6 Å². The maximum atomic E-state index is 14.8. The predicted molar refractivity (Wildman–Crippen MR) is 127 cm³/mol. The van der Waals surface area contributed by atoms with Gasteiger partial charge in [0, 0.05) is 16.7 Å². The van der Waals surface area contributed by atoms with Crippen molar-refractivity contribution in [2.75, 3.05) is 13.7 Å². The van der Waals surface area contributed by atoms with Crippen molar-refractivity contribution in [3.05, 3.63) is 94.6 Å². The quantitative estimate of drug-likeness (QED) is 0.253. The summed E-state index contributed by atoms with van der Waals surface area (Å²) >= 11 is 0. The van der Waals surface area contributed by atoms with Crippen molar-refractivity contribution < 1.29 is 27.0 Å². The molecule has 0 bridgehead atoms. The zero-order valence-corrected chi connectivity index (χ0v) is 19.4. The molecule has 1 heterocycles. The largest absolute Gasteiger partial charge is 0.497 e. The fourth-order valence-corrected chi connectivity index (χ4v) is 4.82. The van der Waals surface area contributed by atoms with Crippen LogP contribution in [0.4, 0.5) is 17.6 Å². The summed E-state index contributed by atoms with van der Waals surface area (Å²) in [6, 6.07) is 13.3. The number of allylic oxidation sites excluding steroid dienone is 2. The molecule has 0 spiro atoms. The van der Waals surface area contributed by atoms with E-state index in [9.17, 15) is 17.6 Å². The second kappa shape index (κ2) is 9.86. The van der Waals surface area contributed by atoms with Crippen LogP contribution in [0.5, 0.6) is 5.75 Å². The van der Waals surface area contributed by atoms with E-state index in [-0.39, 0.29) is 23.1 Å². The van der Waals surface area contributed by atoms with Crippen molar-refractivity contribution in [2.45, 2.75) is 38.2 Å². The van der Waals surface area contributed by atoms with Crippen LogP contribution in [0.2, 0.25) is 0 Å². The van der Waals surface area contributed by atoms with E-state index < -0.39 is 23.3 Å². The smallest absolute Gasteiger partial charge is 0.166 e. The molecule has 2 unspecified atom stereocenters. The van der Waals surface area contributed by atoms with Gasteiger partial charge in [0.2, 0.25) is 0 Å². The second-order valence-corrected chi connectivity index (χ2v) is 9.19. The van der Waals surface area contributed by atoms with Crippen LogP contribution < -0.4 is 4.74 Å². The molecule has 0 saturated carbocycles. The van der Waals surface area contributed by atoms with Crippen molar-refractivity contribution in [2.24, 2.45) is 5.92 Å². The van der Waals surface area contributed by atoms with Crippen LogP contribution in [0.15, 0.2) is 54.6 Å². The van der Waals surface area contributed by atoms with Crippen LogP contribution in [0.25, 0.3) is 16.7 Å². The average Bonchev–Trinajstić information content (AvgIpc) is 3.72. The predicted octanol–water partition coefficient (Wildman–Crippen LogP) is 7.81. The van der Waals surface area contributed by atoms with E-state index in [0.717, 1.165) is 12.0 Å². The SMILES string of the molecule is COc1ccc(-c2ccc(CCC3CC=C(c4ccc(C5CO5)c(F)c4F)CC3)c(F)c2F)cc1. The van der Waals surface area contributed by atoms with Gasteiger partial charge in [0.25, 0.3) is 0 Å². The summed E-state index contributed by atoms with van der Waals surface area (Å²) in [5.41, 5.74) is 2.51. The molecule has 3 aromatic rings. The average molecular weight is 483 g/mol. The van der Waals surface area contributed by atoms with Crippen LogP contribution in [0.1, 0.15) is 48.5 Å². The number of epoxide rings is 1. The van der Waals surface area contributed by atoms with E-state index in [2.05, 4.69) is 0 Å². The Morgan fingerprint density at radius 3 is 2.23 bits per heavy atom. The molecule has 2 nitrogen and oxygen atoms in total. The molecule has 0 amide bonds. The van der Waals surface area contributed by atoms with Crippen molar-refractivity contribution in [3.63, 3.8) is 0 Å². The summed E-state index contributed by atoms with van der Waals surface area (Å²) in [6.45, 7) is 0.425. The molecule has 3 aromatic carbocycles. The Balaban J connectivity index is 1.23. The first kappa shape index (κ1) is 23.6. The zero-order chi connectivity index (χ0) is 24.5. The second-order valence-electron chi connectivity index (χ2n) is 9.19. The normalized spacial score (nSPS) is 19.4. The molecule has 182 valence electrons. The van der Waals surface area contributed by atoms with Crippen LogP contribution in [0.3, 0.4) is 0 Å². The highest BCUT2D eigenvalue weighted by atomic mass is 19.2. The minimum Gasteiger partial charge on any atom is -0.497 e. The lowest BCUT2D eigenvalue weighted by Gasteiger charge is -2.23.